The summed E-state index contributed by atoms with van der Waals surface area (Å²) in [6.45, 7) is 2.50. The first-order valence-corrected chi connectivity index (χ1v) is 10.4. The van der Waals surface area contributed by atoms with Gasteiger partial charge in [0.05, 0.1) is 11.5 Å². The van der Waals surface area contributed by atoms with E-state index in [1.165, 1.54) is 18.6 Å². The first-order valence-electron chi connectivity index (χ1n) is 8.92. The van der Waals surface area contributed by atoms with Crippen LogP contribution in [0.4, 0.5) is 0 Å². The maximum Gasteiger partial charge on any atom is 0.240 e. The zero-order valence-electron chi connectivity index (χ0n) is 15.0. The van der Waals surface area contributed by atoms with Crippen molar-refractivity contribution in [3.05, 3.63) is 24.3 Å². The predicted octanol–water partition coefficient (Wildman–Crippen LogP) is 2.54. The molecule has 140 valence electrons. The number of sulfonamides is 1. The van der Waals surface area contributed by atoms with Gasteiger partial charge < -0.3 is 9.64 Å². The Bertz CT molecular complexity index is 652. The largest absolute Gasteiger partial charge is 0.494 e. The van der Waals surface area contributed by atoms with Crippen molar-refractivity contribution >= 4 is 15.9 Å². The molecule has 1 aromatic rings. The van der Waals surface area contributed by atoms with Crippen LogP contribution in [0.25, 0.3) is 0 Å². The van der Waals surface area contributed by atoms with E-state index in [4.69, 9.17) is 4.74 Å². The van der Waals surface area contributed by atoms with Crippen LogP contribution in [-0.2, 0) is 14.8 Å². The van der Waals surface area contributed by atoms with Crippen LogP contribution < -0.4 is 9.46 Å². The average Bonchev–Trinajstić information content (AvgIpc) is 2.62. The second kappa shape index (κ2) is 9.20. The molecule has 1 saturated carbocycles. The summed E-state index contributed by atoms with van der Waals surface area (Å²) in [6, 6.07) is 6.55. The van der Waals surface area contributed by atoms with Crippen molar-refractivity contribution in [2.45, 2.75) is 56.4 Å². The summed E-state index contributed by atoms with van der Waals surface area (Å²) in [4.78, 5) is 14.2. The van der Waals surface area contributed by atoms with Crippen LogP contribution in [0.1, 0.15) is 45.4 Å². The third-order valence-electron chi connectivity index (χ3n) is 4.59. The molecule has 1 N–H and O–H groups in total. The Morgan fingerprint density at radius 2 is 1.84 bits per heavy atom. The van der Waals surface area contributed by atoms with E-state index < -0.39 is 10.0 Å². The molecule has 6 nitrogen and oxygen atoms in total. The Kier molecular flexibility index (Phi) is 7.25. The summed E-state index contributed by atoms with van der Waals surface area (Å²) in [5.74, 6) is 0.618. The van der Waals surface area contributed by atoms with Gasteiger partial charge in [0.2, 0.25) is 15.9 Å². The van der Waals surface area contributed by atoms with E-state index in [0.29, 0.717) is 18.4 Å². The van der Waals surface area contributed by atoms with E-state index in [-0.39, 0.29) is 23.8 Å². The topological polar surface area (TPSA) is 75.7 Å². The number of ether oxygens (including phenoxy) is 1. The Labute approximate surface area is 150 Å². The van der Waals surface area contributed by atoms with E-state index in [1.807, 2.05) is 14.0 Å². The molecule has 2 rings (SSSR count). The van der Waals surface area contributed by atoms with Gasteiger partial charge in [-0.05, 0) is 44.0 Å². The van der Waals surface area contributed by atoms with Gasteiger partial charge in [-0.15, -0.1) is 0 Å². The molecule has 0 heterocycles. The van der Waals surface area contributed by atoms with Crippen molar-refractivity contribution in [3.8, 4) is 5.75 Å². The highest BCUT2D eigenvalue weighted by Gasteiger charge is 2.22. The minimum absolute atomic E-state index is 0.0127. The fourth-order valence-corrected chi connectivity index (χ4v) is 4.14. The molecule has 0 atom stereocenters. The molecule has 1 amide bonds. The number of rotatable bonds is 8. The Balaban J connectivity index is 1.83. The van der Waals surface area contributed by atoms with Gasteiger partial charge in [-0.3, -0.25) is 4.79 Å². The first-order chi connectivity index (χ1) is 11.9. The zero-order chi connectivity index (χ0) is 18.3. The summed E-state index contributed by atoms with van der Waals surface area (Å²) in [6.07, 6.45) is 5.81. The lowest BCUT2D eigenvalue weighted by Gasteiger charge is -2.31. The van der Waals surface area contributed by atoms with Crippen molar-refractivity contribution in [1.29, 1.82) is 0 Å². The minimum atomic E-state index is -3.61. The molecule has 0 unspecified atom stereocenters. The predicted molar refractivity (Wildman–Crippen MR) is 97.1 cm³/mol. The maximum absolute atomic E-state index is 12.3. The van der Waals surface area contributed by atoms with Gasteiger partial charge in [0.25, 0.3) is 0 Å². The van der Waals surface area contributed by atoms with Crippen LogP contribution in [-0.4, -0.2) is 45.5 Å². The van der Waals surface area contributed by atoms with Gasteiger partial charge in [0.1, 0.15) is 5.75 Å². The number of carbonyl (C=O) groups is 1. The molecule has 0 saturated heterocycles. The molecule has 25 heavy (non-hydrogen) atoms. The van der Waals surface area contributed by atoms with Gasteiger partial charge in [-0.25, -0.2) is 13.1 Å². The van der Waals surface area contributed by atoms with Crippen LogP contribution in [0.3, 0.4) is 0 Å². The highest BCUT2D eigenvalue weighted by Crippen LogP contribution is 2.22. The van der Waals surface area contributed by atoms with Crippen molar-refractivity contribution in [2.24, 2.45) is 0 Å². The molecule has 7 heteroatoms. The highest BCUT2D eigenvalue weighted by molar-refractivity contribution is 7.89. The standard InChI is InChI=1S/C18H28N2O4S/c1-3-24-16-9-11-17(12-10-16)25(22,23)19-14-13-18(21)20(2)15-7-5-4-6-8-15/h9-12,15,19H,3-8,13-14H2,1-2H3. The smallest absolute Gasteiger partial charge is 0.240 e. The molecule has 0 aliphatic heterocycles. The number of hydrogen-bond donors (Lipinski definition) is 1. The van der Waals surface area contributed by atoms with Gasteiger partial charge in [0, 0.05) is 26.1 Å². The lowest BCUT2D eigenvalue weighted by Crippen LogP contribution is -2.39. The Morgan fingerprint density at radius 1 is 1.20 bits per heavy atom. The van der Waals surface area contributed by atoms with Crippen molar-refractivity contribution in [3.63, 3.8) is 0 Å². The van der Waals surface area contributed by atoms with Crippen LogP contribution in [0.2, 0.25) is 0 Å². The summed E-state index contributed by atoms with van der Waals surface area (Å²) in [5.41, 5.74) is 0. The quantitative estimate of drug-likeness (QED) is 0.765. The van der Waals surface area contributed by atoms with Crippen LogP contribution in [0.5, 0.6) is 5.75 Å². The minimum Gasteiger partial charge on any atom is -0.494 e. The van der Waals surface area contributed by atoms with E-state index in [0.717, 1.165) is 25.7 Å². The van der Waals surface area contributed by atoms with E-state index in [1.54, 1.807) is 17.0 Å². The van der Waals surface area contributed by atoms with Crippen LogP contribution in [0.15, 0.2) is 29.2 Å². The SMILES string of the molecule is CCOc1ccc(S(=O)(=O)NCCC(=O)N(C)C2CCCCC2)cc1. The average molecular weight is 368 g/mol. The zero-order valence-corrected chi connectivity index (χ0v) is 15.8. The number of amides is 1. The first kappa shape index (κ1) is 19.7. The summed E-state index contributed by atoms with van der Waals surface area (Å²) in [7, 11) is -1.80. The van der Waals surface area contributed by atoms with Gasteiger partial charge >= 0.3 is 0 Å². The second-order valence-corrected chi connectivity index (χ2v) is 8.12. The van der Waals surface area contributed by atoms with Gasteiger partial charge in [0.15, 0.2) is 0 Å². The number of carbonyl (C=O) groups excluding carboxylic acids is 1. The Hall–Kier alpha value is -1.60. The Morgan fingerprint density at radius 3 is 2.44 bits per heavy atom. The molecule has 0 bridgehead atoms. The molecule has 1 fully saturated rings. The molecule has 0 aromatic heterocycles. The molecular formula is C18H28N2O4S. The van der Waals surface area contributed by atoms with Crippen LogP contribution >= 0.6 is 0 Å². The fraction of sp³-hybridized carbons (Fsp3) is 0.611. The normalized spacial score (nSPS) is 15.8. The van der Waals surface area contributed by atoms with Crippen molar-refractivity contribution < 1.29 is 17.9 Å². The third kappa shape index (κ3) is 5.71. The number of hydrogen-bond acceptors (Lipinski definition) is 4. The monoisotopic (exact) mass is 368 g/mol. The third-order valence-corrected chi connectivity index (χ3v) is 6.07. The molecule has 0 spiro atoms. The van der Waals surface area contributed by atoms with Gasteiger partial charge in [-0.1, -0.05) is 19.3 Å². The molecule has 1 aliphatic carbocycles. The van der Waals surface area contributed by atoms with E-state index in [9.17, 15) is 13.2 Å². The molecule has 0 radical (unpaired) electrons. The lowest BCUT2D eigenvalue weighted by atomic mass is 9.94. The number of nitrogens with zero attached hydrogens (tertiary/aromatic N) is 1. The summed E-state index contributed by atoms with van der Waals surface area (Å²) < 4.78 is 32.4. The second-order valence-electron chi connectivity index (χ2n) is 6.35. The maximum atomic E-state index is 12.3. The van der Waals surface area contributed by atoms with E-state index in [2.05, 4.69) is 4.72 Å². The van der Waals surface area contributed by atoms with Crippen molar-refractivity contribution in [1.82, 2.24) is 9.62 Å². The highest BCUT2D eigenvalue weighted by atomic mass is 32.2. The summed E-state index contributed by atoms with van der Waals surface area (Å²) in [5, 5.41) is 0. The number of nitrogens with one attached hydrogen (secondary N) is 1. The van der Waals surface area contributed by atoms with Crippen molar-refractivity contribution in [2.75, 3.05) is 20.2 Å². The number of benzene rings is 1. The van der Waals surface area contributed by atoms with Crippen LogP contribution in [0, 0.1) is 0 Å². The van der Waals surface area contributed by atoms with E-state index >= 15 is 0 Å². The molecule has 1 aliphatic rings. The molecular weight excluding hydrogens is 340 g/mol. The molecule has 1 aromatic carbocycles. The fourth-order valence-electron chi connectivity index (χ4n) is 3.11. The lowest BCUT2D eigenvalue weighted by molar-refractivity contribution is -0.132. The summed E-state index contributed by atoms with van der Waals surface area (Å²) >= 11 is 0. The van der Waals surface area contributed by atoms with Gasteiger partial charge in [-0.2, -0.15) is 0 Å².